The molecule has 1 unspecified atom stereocenters. The van der Waals surface area contributed by atoms with Crippen molar-refractivity contribution in [2.24, 2.45) is 0 Å². The lowest BCUT2D eigenvalue weighted by atomic mass is 10.1. The number of aliphatic hydroxyl groups is 2. The van der Waals surface area contributed by atoms with Crippen molar-refractivity contribution in [2.45, 2.75) is 51.6 Å². The second-order valence-electron chi connectivity index (χ2n) is 3.68. The molecule has 86 valence electrons. The van der Waals surface area contributed by atoms with E-state index in [2.05, 4.69) is 6.92 Å². The minimum absolute atomic E-state index is 0.108. The molecule has 0 aliphatic carbocycles. The molecule has 0 aromatic carbocycles. The first-order valence-electron chi connectivity index (χ1n) is 5.68. The van der Waals surface area contributed by atoms with Crippen molar-refractivity contribution in [1.82, 2.24) is 0 Å². The van der Waals surface area contributed by atoms with Crippen LogP contribution in [0.3, 0.4) is 0 Å². The number of hydrogen-bond donors (Lipinski definition) is 2. The highest BCUT2D eigenvalue weighted by molar-refractivity contribution is 7.99. The average molecular weight is 220 g/mol. The van der Waals surface area contributed by atoms with Gasteiger partial charge in [0.2, 0.25) is 0 Å². The molecule has 0 aliphatic rings. The average Bonchev–Trinajstić information content (AvgIpc) is 2.21. The van der Waals surface area contributed by atoms with Crippen LogP contribution < -0.4 is 0 Å². The zero-order valence-electron chi connectivity index (χ0n) is 9.24. The first-order valence-corrected chi connectivity index (χ1v) is 6.83. The molecule has 0 amide bonds. The van der Waals surface area contributed by atoms with Crippen LogP contribution in [0.5, 0.6) is 0 Å². The van der Waals surface area contributed by atoms with E-state index in [-0.39, 0.29) is 6.61 Å². The van der Waals surface area contributed by atoms with Crippen molar-refractivity contribution in [1.29, 1.82) is 0 Å². The molecular formula is C11H24O2S. The smallest absolute Gasteiger partial charge is 0.0861 e. The van der Waals surface area contributed by atoms with Gasteiger partial charge in [0.25, 0.3) is 0 Å². The van der Waals surface area contributed by atoms with Gasteiger partial charge in [0.05, 0.1) is 12.7 Å². The maximum absolute atomic E-state index is 9.06. The summed E-state index contributed by atoms with van der Waals surface area (Å²) >= 11 is 1.74. The number of hydrogen-bond acceptors (Lipinski definition) is 3. The van der Waals surface area contributed by atoms with Gasteiger partial charge in [0, 0.05) is 5.75 Å². The molecule has 0 aromatic heterocycles. The molecule has 0 heterocycles. The van der Waals surface area contributed by atoms with E-state index in [9.17, 15) is 0 Å². The van der Waals surface area contributed by atoms with E-state index in [0.717, 1.165) is 5.75 Å². The lowest BCUT2D eigenvalue weighted by Crippen LogP contribution is -2.14. The van der Waals surface area contributed by atoms with Crippen molar-refractivity contribution in [3.63, 3.8) is 0 Å². The maximum Gasteiger partial charge on any atom is 0.0861 e. The summed E-state index contributed by atoms with van der Waals surface area (Å²) in [6, 6.07) is 0. The third-order valence-corrected chi connectivity index (χ3v) is 3.36. The van der Waals surface area contributed by atoms with E-state index in [1.807, 2.05) is 0 Å². The predicted octanol–water partition coefficient (Wildman–Crippen LogP) is 2.43. The molecular weight excluding hydrogens is 196 g/mol. The molecule has 0 rings (SSSR count). The fraction of sp³-hybridized carbons (Fsp3) is 1.00. The van der Waals surface area contributed by atoms with E-state index >= 15 is 0 Å². The maximum atomic E-state index is 9.06. The van der Waals surface area contributed by atoms with Crippen LogP contribution >= 0.6 is 11.8 Å². The SMILES string of the molecule is CCCCCCCCSCC(O)CO. The molecule has 0 bridgehead atoms. The molecule has 0 aromatic rings. The fourth-order valence-corrected chi connectivity index (χ4v) is 2.21. The second-order valence-corrected chi connectivity index (χ2v) is 4.83. The Kier molecular flexibility index (Phi) is 11.6. The molecule has 2 N–H and O–H groups in total. The zero-order chi connectivity index (χ0) is 10.6. The van der Waals surface area contributed by atoms with Crippen LogP contribution in [-0.2, 0) is 0 Å². The number of unbranched alkanes of at least 4 members (excludes halogenated alkanes) is 5. The Morgan fingerprint density at radius 1 is 1.07 bits per heavy atom. The Labute approximate surface area is 92.1 Å². The van der Waals surface area contributed by atoms with E-state index in [0.29, 0.717) is 5.75 Å². The van der Waals surface area contributed by atoms with E-state index < -0.39 is 6.10 Å². The van der Waals surface area contributed by atoms with Gasteiger partial charge in [-0.3, -0.25) is 0 Å². The van der Waals surface area contributed by atoms with Crippen molar-refractivity contribution in [3.8, 4) is 0 Å². The quantitative estimate of drug-likeness (QED) is 0.556. The molecule has 0 fully saturated rings. The Bertz CT molecular complexity index is 109. The summed E-state index contributed by atoms with van der Waals surface area (Å²) in [6.07, 6.45) is 7.39. The monoisotopic (exact) mass is 220 g/mol. The molecule has 2 nitrogen and oxygen atoms in total. The largest absolute Gasteiger partial charge is 0.394 e. The van der Waals surface area contributed by atoms with Gasteiger partial charge in [0.15, 0.2) is 0 Å². The summed E-state index contributed by atoms with van der Waals surface area (Å²) in [7, 11) is 0. The van der Waals surface area contributed by atoms with E-state index in [1.54, 1.807) is 11.8 Å². The Morgan fingerprint density at radius 2 is 1.71 bits per heavy atom. The van der Waals surface area contributed by atoms with Gasteiger partial charge in [0.1, 0.15) is 0 Å². The number of rotatable bonds is 10. The molecule has 3 heteroatoms. The van der Waals surface area contributed by atoms with E-state index in [1.165, 1.54) is 38.5 Å². The summed E-state index contributed by atoms with van der Waals surface area (Å²) in [5.74, 6) is 1.79. The normalized spacial score (nSPS) is 13.1. The van der Waals surface area contributed by atoms with Crippen molar-refractivity contribution >= 4 is 11.8 Å². The van der Waals surface area contributed by atoms with Crippen LogP contribution in [0.4, 0.5) is 0 Å². The van der Waals surface area contributed by atoms with Gasteiger partial charge < -0.3 is 10.2 Å². The van der Waals surface area contributed by atoms with Gasteiger partial charge >= 0.3 is 0 Å². The lowest BCUT2D eigenvalue weighted by Gasteiger charge is -2.05. The van der Waals surface area contributed by atoms with Gasteiger partial charge in [-0.05, 0) is 12.2 Å². The summed E-state index contributed by atoms with van der Waals surface area (Å²) in [5.41, 5.74) is 0. The molecule has 14 heavy (non-hydrogen) atoms. The summed E-state index contributed by atoms with van der Waals surface area (Å²) < 4.78 is 0. The highest BCUT2D eigenvalue weighted by Gasteiger charge is 2.00. The minimum Gasteiger partial charge on any atom is -0.394 e. The molecule has 0 radical (unpaired) electrons. The van der Waals surface area contributed by atoms with Crippen molar-refractivity contribution in [2.75, 3.05) is 18.1 Å². The van der Waals surface area contributed by atoms with Gasteiger partial charge in [-0.1, -0.05) is 39.0 Å². The topological polar surface area (TPSA) is 40.5 Å². The highest BCUT2D eigenvalue weighted by atomic mass is 32.2. The number of thioether (sulfide) groups is 1. The molecule has 1 atom stereocenters. The highest BCUT2D eigenvalue weighted by Crippen LogP contribution is 2.10. The summed E-state index contributed by atoms with van der Waals surface area (Å²) in [4.78, 5) is 0. The van der Waals surface area contributed by atoms with Gasteiger partial charge in [-0.2, -0.15) is 11.8 Å². The van der Waals surface area contributed by atoms with Crippen LogP contribution in [0.2, 0.25) is 0 Å². The third kappa shape index (κ3) is 10.4. The Morgan fingerprint density at radius 3 is 2.36 bits per heavy atom. The number of aliphatic hydroxyl groups excluding tert-OH is 2. The van der Waals surface area contributed by atoms with Gasteiger partial charge in [-0.25, -0.2) is 0 Å². The minimum atomic E-state index is -0.528. The van der Waals surface area contributed by atoms with Crippen LogP contribution in [0.15, 0.2) is 0 Å². The Balaban J connectivity index is 2.92. The Hall–Kier alpha value is 0.270. The zero-order valence-corrected chi connectivity index (χ0v) is 10.1. The third-order valence-electron chi connectivity index (χ3n) is 2.16. The van der Waals surface area contributed by atoms with Crippen LogP contribution in [0.25, 0.3) is 0 Å². The predicted molar refractivity (Wildman–Crippen MR) is 63.8 cm³/mol. The summed E-state index contributed by atoms with van der Waals surface area (Å²) in [5, 5.41) is 17.6. The fourth-order valence-electron chi connectivity index (χ4n) is 1.26. The van der Waals surface area contributed by atoms with Crippen LogP contribution in [0, 0.1) is 0 Å². The molecule has 0 aliphatic heterocycles. The van der Waals surface area contributed by atoms with Gasteiger partial charge in [-0.15, -0.1) is 0 Å². The molecule has 0 spiro atoms. The van der Waals surface area contributed by atoms with Crippen LogP contribution in [-0.4, -0.2) is 34.4 Å². The van der Waals surface area contributed by atoms with Crippen molar-refractivity contribution in [3.05, 3.63) is 0 Å². The van der Waals surface area contributed by atoms with Crippen LogP contribution in [0.1, 0.15) is 45.4 Å². The first-order chi connectivity index (χ1) is 6.81. The molecule has 0 saturated carbocycles. The summed E-state index contributed by atoms with van der Waals surface area (Å²) in [6.45, 7) is 2.12. The standard InChI is InChI=1S/C11H24O2S/c1-2-3-4-5-6-7-8-14-10-11(13)9-12/h11-13H,2-10H2,1H3. The van der Waals surface area contributed by atoms with E-state index in [4.69, 9.17) is 10.2 Å². The molecule has 0 saturated heterocycles. The first kappa shape index (κ1) is 14.3. The van der Waals surface area contributed by atoms with Crippen molar-refractivity contribution < 1.29 is 10.2 Å². The second kappa shape index (κ2) is 11.3. The lowest BCUT2D eigenvalue weighted by molar-refractivity contribution is 0.113.